The Labute approximate surface area is 87.0 Å². The van der Waals surface area contributed by atoms with Crippen LogP contribution in [0, 0.1) is 5.82 Å². The van der Waals surface area contributed by atoms with Crippen LogP contribution < -0.4 is 0 Å². The second-order valence-electron chi connectivity index (χ2n) is 3.20. The molecule has 0 aliphatic rings. The summed E-state index contributed by atoms with van der Waals surface area (Å²) in [4.78, 5) is 4.05. The first-order valence-electron chi connectivity index (χ1n) is 4.61. The Bertz CT molecular complexity index is 436. The van der Waals surface area contributed by atoms with Crippen LogP contribution in [0.1, 0.15) is 5.69 Å². The molecule has 2 nitrogen and oxygen atoms in total. The van der Waals surface area contributed by atoms with Gasteiger partial charge in [0.25, 0.3) is 0 Å². The van der Waals surface area contributed by atoms with Crippen LogP contribution in [0.4, 0.5) is 4.39 Å². The van der Waals surface area contributed by atoms with Gasteiger partial charge in [-0.05, 0) is 23.8 Å². The first-order chi connectivity index (χ1) is 7.29. The van der Waals surface area contributed by atoms with Crippen LogP contribution in [0.25, 0.3) is 11.1 Å². The molecule has 0 aliphatic carbocycles. The number of aromatic nitrogens is 1. The fourth-order valence-electron chi connectivity index (χ4n) is 1.33. The predicted octanol–water partition coefficient (Wildman–Crippen LogP) is 2.38. The maximum atomic E-state index is 12.7. The van der Waals surface area contributed by atoms with Crippen LogP contribution in [0.3, 0.4) is 0 Å². The number of nitrogens with zero attached hydrogens (tertiary/aromatic N) is 1. The van der Waals surface area contributed by atoms with Gasteiger partial charge in [0.15, 0.2) is 0 Å². The molecule has 1 heterocycles. The van der Waals surface area contributed by atoms with Crippen molar-refractivity contribution in [1.82, 2.24) is 4.98 Å². The molecule has 0 saturated carbocycles. The molecule has 76 valence electrons. The minimum Gasteiger partial charge on any atom is -0.390 e. The third kappa shape index (κ3) is 2.19. The summed E-state index contributed by atoms with van der Waals surface area (Å²) in [6, 6.07) is 9.82. The molecule has 0 fully saturated rings. The van der Waals surface area contributed by atoms with Crippen LogP contribution in [-0.4, -0.2) is 10.1 Å². The normalized spacial score (nSPS) is 10.3. The fraction of sp³-hybridized carbons (Fsp3) is 0.0833. The summed E-state index contributed by atoms with van der Waals surface area (Å²) in [5, 5.41) is 8.82. The van der Waals surface area contributed by atoms with Gasteiger partial charge in [-0.2, -0.15) is 0 Å². The summed E-state index contributed by atoms with van der Waals surface area (Å²) < 4.78 is 12.7. The van der Waals surface area contributed by atoms with Crippen LogP contribution in [0.15, 0.2) is 42.6 Å². The van der Waals surface area contributed by atoms with Gasteiger partial charge in [0.2, 0.25) is 0 Å². The zero-order valence-corrected chi connectivity index (χ0v) is 8.02. The van der Waals surface area contributed by atoms with Crippen molar-refractivity contribution in [1.29, 1.82) is 0 Å². The number of aliphatic hydroxyl groups is 1. The number of aliphatic hydroxyl groups excluding tert-OH is 1. The van der Waals surface area contributed by atoms with Crippen molar-refractivity contribution < 1.29 is 9.50 Å². The Balaban J connectivity index is 2.33. The summed E-state index contributed by atoms with van der Waals surface area (Å²) >= 11 is 0. The fourth-order valence-corrected chi connectivity index (χ4v) is 1.33. The monoisotopic (exact) mass is 203 g/mol. The Morgan fingerprint density at radius 1 is 1.00 bits per heavy atom. The van der Waals surface area contributed by atoms with Crippen molar-refractivity contribution in [2.45, 2.75) is 6.61 Å². The van der Waals surface area contributed by atoms with Gasteiger partial charge in [-0.25, -0.2) is 4.39 Å². The molecule has 0 saturated heterocycles. The van der Waals surface area contributed by atoms with E-state index >= 15 is 0 Å². The van der Waals surface area contributed by atoms with Gasteiger partial charge < -0.3 is 5.11 Å². The highest BCUT2D eigenvalue weighted by Gasteiger charge is 1.98. The van der Waals surface area contributed by atoms with Crippen molar-refractivity contribution in [3.63, 3.8) is 0 Å². The highest BCUT2D eigenvalue weighted by molar-refractivity contribution is 5.62. The first-order valence-corrected chi connectivity index (χ1v) is 4.61. The molecular weight excluding hydrogens is 193 g/mol. The van der Waals surface area contributed by atoms with Crippen LogP contribution in [0.5, 0.6) is 0 Å². The summed E-state index contributed by atoms with van der Waals surface area (Å²) in [7, 11) is 0. The molecule has 0 spiro atoms. The van der Waals surface area contributed by atoms with Crippen molar-refractivity contribution in [2.24, 2.45) is 0 Å². The average molecular weight is 203 g/mol. The number of pyridine rings is 1. The molecular formula is C12H10FNO. The number of hydrogen-bond donors (Lipinski definition) is 1. The third-order valence-corrected chi connectivity index (χ3v) is 2.16. The van der Waals surface area contributed by atoms with Gasteiger partial charge >= 0.3 is 0 Å². The maximum Gasteiger partial charge on any atom is 0.123 e. The molecule has 0 radical (unpaired) electrons. The second-order valence-corrected chi connectivity index (χ2v) is 3.20. The van der Waals surface area contributed by atoms with E-state index in [-0.39, 0.29) is 12.4 Å². The lowest BCUT2D eigenvalue weighted by atomic mass is 10.1. The van der Waals surface area contributed by atoms with E-state index in [4.69, 9.17) is 5.11 Å². The molecule has 0 bridgehead atoms. The minimum atomic E-state index is -0.251. The Morgan fingerprint density at radius 2 is 1.67 bits per heavy atom. The van der Waals surface area contributed by atoms with E-state index in [1.165, 1.54) is 12.1 Å². The minimum absolute atomic E-state index is 0.0658. The Kier molecular flexibility index (Phi) is 2.74. The molecule has 0 aliphatic heterocycles. The van der Waals surface area contributed by atoms with E-state index in [1.807, 2.05) is 6.07 Å². The smallest absolute Gasteiger partial charge is 0.123 e. The van der Waals surface area contributed by atoms with Gasteiger partial charge in [0.1, 0.15) is 5.82 Å². The van der Waals surface area contributed by atoms with Crippen molar-refractivity contribution in [2.75, 3.05) is 0 Å². The van der Waals surface area contributed by atoms with Crippen LogP contribution in [0.2, 0.25) is 0 Å². The van der Waals surface area contributed by atoms with Gasteiger partial charge in [0, 0.05) is 11.8 Å². The lowest BCUT2D eigenvalue weighted by Gasteiger charge is -2.01. The largest absolute Gasteiger partial charge is 0.390 e. The number of rotatable bonds is 2. The Hall–Kier alpha value is -1.74. The number of benzene rings is 1. The summed E-state index contributed by atoms with van der Waals surface area (Å²) in [5.74, 6) is -0.251. The van der Waals surface area contributed by atoms with Crippen molar-refractivity contribution in [3.05, 3.63) is 54.1 Å². The molecule has 0 atom stereocenters. The van der Waals surface area contributed by atoms with Gasteiger partial charge in [0.05, 0.1) is 12.3 Å². The molecule has 15 heavy (non-hydrogen) atoms. The van der Waals surface area contributed by atoms with Crippen molar-refractivity contribution >= 4 is 0 Å². The molecule has 0 amide bonds. The lowest BCUT2D eigenvalue weighted by Crippen LogP contribution is -1.88. The maximum absolute atomic E-state index is 12.7. The van der Waals surface area contributed by atoms with Gasteiger partial charge in [-0.3, -0.25) is 4.98 Å². The molecule has 2 aromatic rings. The van der Waals surface area contributed by atoms with Crippen molar-refractivity contribution in [3.8, 4) is 11.1 Å². The van der Waals surface area contributed by atoms with E-state index in [9.17, 15) is 4.39 Å². The predicted molar refractivity (Wildman–Crippen MR) is 55.6 cm³/mol. The van der Waals surface area contributed by atoms with Crippen LogP contribution >= 0.6 is 0 Å². The average Bonchev–Trinajstić information content (AvgIpc) is 2.30. The highest BCUT2D eigenvalue weighted by atomic mass is 19.1. The number of halogens is 1. The quantitative estimate of drug-likeness (QED) is 0.812. The van der Waals surface area contributed by atoms with Gasteiger partial charge in [-0.15, -0.1) is 0 Å². The van der Waals surface area contributed by atoms with E-state index in [2.05, 4.69) is 4.98 Å². The number of hydrogen-bond acceptors (Lipinski definition) is 2. The van der Waals surface area contributed by atoms with Crippen LogP contribution in [-0.2, 0) is 6.61 Å². The first kappa shape index (κ1) is 9.80. The third-order valence-electron chi connectivity index (χ3n) is 2.16. The molecule has 0 unspecified atom stereocenters. The molecule has 3 heteroatoms. The zero-order valence-electron chi connectivity index (χ0n) is 8.02. The van der Waals surface area contributed by atoms with E-state index in [0.29, 0.717) is 5.69 Å². The second kappa shape index (κ2) is 4.19. The van der Waals surface area contributed by atoms with E-state index in [1.54, 1.807) is 24.4 Å². The molecule has 2 rings (SSSR count). The molecule has 1 N–H and O–H groups in total. The summed E-state index contributed by atoms with van der Waals surface area (Å²) in [6.45, 7) is -0.0658. The van der Waals surface area contributed by atoms with Gasteiger partial charge in [-0.1, -0.05) is 18.2 Å². The zero-order chi connectivity index (χ0) is 10.7. The molecule has 1 aromatic heterocycles. The SMILES string of the molecule is OCc1ccc(-c2ccc(F)cc2)cn1. The topological polar surface area (TPSA) is 33.1 Å². The molecule has 1 aromatic carbocycles. The Morgan fingerprint density at radius 3 is 2.20 bits per heavy atom. The highest BCUT2D eigenvalue weighted by Crippen LogP contribution is 2.18. The van der Waals surface area contributed by atoms with E-state index < -0.39 is 0 Å². The standard InChI is InChI=1S/C12H10FNO/c13-11-4-1-9(2-5-11)10-3-6-12(8-15)14-7-10/h1-7,15H,8H2. The lowest BCUT2D eigenvalue weighted by molar-refractivity contribution is 0.277. The summed E-state index contributed by atoms with van der Waals surface area (Å²) in [5.41, 5.74) is 2.45. The summed E-state index contributed by atoms with van der Waals surface area (Å²) in [6.07, 6.45) is 1.67. The van der Waals surface area contributed by atoms with E-state index in [0.717, 1.165) is 11.1 Å².